The molecular formula is C24H23F5N4O3. The first-order valence-corrected chi connectivity index (χ1v) is 11.3. The van der Waals surface area contributed by atoms with E-state index in [1.54, 1.807) is 6.92 Å². The number of nitrogens with zero attached hydrogens (tertiary/aromatic N) is 3. The molecule has 2 N–H and O–H groups in total. The van der Waals surface area contributed by atoms with Crippen LogP contribution < -0.4 is 15.6 Å². The molecule has 1 aliphatic rings. The monoisotopic (exact) mass is 510 g/mol. The molecule has 1 fully saturated rings. The smallest absolute Gasteiger partial charge is 0.374 e. The van der Waals surface area contributed by atoms with Crippen LogP contribution in [0.4, 0.5) is 27.8 Å². The molecule has 3 heterocycles. The van der Waals surface area contributed by atoms with E-state index in [-0.39, 0.29) is 34.4 Å². The molecule has 2 aromatic heterocycles. The van der Waals surface area contributed by atoms with Crippen molar-refractivity contribution in [3.05, 3.63) is 63.9 Å². The van der Waals surface area contributed by atoms with Gasteiger partial charge in [-0.05, 0) is 37.1 Å². The minimum atomic E-state index is -4.69. The predicted octanol–water partition coefficient (Wildman–Crippen LogP) is 3.96. The normalized spacial score (nSPS) is 18.2. The molecule has 0 aliphatic carbocycles. The summed E-state index contributed by atoms with van der Waals surface area (Å²) in [6.45, 7) is 3.40. The van der Waals surface area contributed by atoms with E-state index in [1.807, 2.05) is 5.32 Å². The Hall–Kier alpha value is -3.38. The molecule has 12 heteroatoms. The quantitative estimate of drug-likeness (QED) is 0.387. The van der Waals surface area contributed by atoms with Crippen LogP contribution >= 0.6 is 0 Å². The van der Waals surface area contributed by atoms with Crippen LogP contribution in [0.15, 0.2) is 41.3 Å². The summed E-state index contributed by atoms with van der Waals surface area (Å²) in [4.78, 5) is 31.5. The number of aliphatic hydroxyl groups excluding tert-OH is 1. The first-order chi connectivity index (χ1) is 16.9. The molecule has 1 aliphatic heterocycles. The van der Waals surface area contributed by atoms with Crippen LogP contribution in [0.25, 0.3) is 16.7 Å². The van der Waals surface area contributed by atoms with E-state index in [0.29, 0.717) is 19.0 Å². The second-order valence-corrected chi connectivity index (χ2v) is 8.67. The minimum Gasteiger partial charge on any atom is -0.374 e. The Bertz CT molecular complexity index is 1370. The number of carbonyl (C=O) groups excluding carboxylic acids is 1. The molecule has 2 unspecified atom stereocenters. The first-order valence-electron chi connectivity index (χ1n) is 11.3. The van der Waals surface area contributed by atoms with Gasteiger partial charge in [-0.2, -0.15) is 13.2 Å². The Morgan fingerprint density at radius 1 is 1.19 bits per heavy atom. The third-order valence-electron chi connectivity index (χ3n) is 6.24. The zero-order chi connectivity index (χ0) is 26.4. The van der Waals surface area contributed by atoms with Gasteiger partial charge in [-0.3, -0.25) is 24.4 Å². The molecule has 3 atom stereocenters. The maximum Gasteiger partial charge on any atom is 0.403 e. The molecule has 36 heavy (non-hydrogen) atoms. The molecule has 4 rings (SSSR count). The fourth-order valence-electron chi connectivity index (χ4n) is 4.19. The summed E-state index contributed by atoms with van der Waals surface area (Å²) in [7, 11) is 0. The molecule has 0 radical (unpaired) electrons. The number of pyridine rings is 2. The number of fused-ring (bicyclic) bond motifs is 1. The summed E-state index contributed by atoms with van der Waals surface area (Å²) in [6.07, 6.45) is -5.60. The lowest BCUT2D eigenvalue weighted by Gasteiger charge is -2.24. The van der Waals surface area contributed by atoms with Gasteiger partial charge in [-0.25, -0.2) is 13.8 Å². The third-order valence-corrected chi connectivity index (χ3v) is 6.24. The number of halogens is 5. The van der Waals surface area contributed by atoms with Crippen molar-refractivity contribution >= 4 is 22.8 Å². The number of benzene rings is 1. The van der Waals surface area contributed by atoms with Crippen LogP contribution in [0.1, 0.15) is 38.5 Å². The number of aromatic nitrogens is 2. The van der Waals surface area contributed by atoms with Crippen LogP contribution in [0.5, 0.6) is 0 Å². The van der Waals surface area contributed by atoms with E-state index in [4.69, 9.17) is 0 Å². The van der Waals surface area contributed by atoms with Crippen LogP contribution in [0.3, 0.4) is 0 Å². The fourth-order valence-corrected chi connectivity index (χ4v) is 4.19. The molecule has 0 spiro atoms. The van der Waals surface area contributed by atoms with Crippen LogP contribution in [0, 0.1) is 17.6 Å². The molecule has 7 nitrogen and oxygen atoms in total. The summed E-state index contributed by atoms with van der Waals surface area (Å²) >= 11 is 0. The molecule has 3 aromatic rings. The summed E-state index contributed by atoms with van der Waals surface area (Å²) < 4.78 is 69.2. The Labute approximate surface area is 202 Å². The van der Waals surface area contributed by atoms with Gasteiger partial charge in [0.15, 0.2) is 11.1 Å². The number of amides is 1. The topological polar surface area (TPSA) is 87.5 Å². The Kier molecular flexibility index (Phi) is 6.84. The molecule has 1 aromatic carbocycles. The molecule has 0 bridgehead atoms. The highest BCUT2D eigenvalue weighted by Crippen LogP contribution is 2.28. The summed E-state index contributed by atoms with van der Waals surface area (Å²) in [5.41, 5.74) is -1.70. The molecule has 192 valence electrons. The highest BCUT2D eigenvalue weighted by Gasteiger charge is 2.39. The maximum atomic E-state index is 14.8. The van der Waals surface area contributed by atoms with E-state index < -0.39 is 47.5 Å². The van der Waals surface area contributed by atoms with Crippen molar-refractivity contribution in [1.29, 1.82) is 0 Å². The highest BCUT2D eigenvalue weighted by atomic mass is 19.4. The first kappa shape index (κ1) is 25.7. The van der Waals surface area contributed by atoms with E-state index >= 15 is 0 Å². The predicted molar refractivity (Wildman–Crippen MR) is 122 cm³/mol. The highest BCUT2D eigenvalue weighted by molar-refractivity contribution is 5.97. The van der Waals surface area contributed by atoms with Gasteiger partial charge in [0.05, 0.1) is 16.6 Å². The van der Waals surface area contributed by atoms with Gasteiger partial charge in [-0.15, -0.1) is 0 Å². The number of hydrogen-bond acceptors (Lipinski definition) is 5. The average Bonchev–Trinajstić information content (AvgIpc) is 3.15. The van der Waals surface area contributed by atoms with Crippen molar-refractivity contribution in [3.8, 4) is 5.69 Å². The number of rotatable bonds is 6. The van der Waals surface area contributed by atoms with E-state index in [9.17, 15) is 36.6 Å². The standard InChI is InChI=1S/C24H23F5N4O3/c1-3-18(24(27,28)29)30-22(35)15-11-33(17-6-4-13(25)10-16(17)26)21-14(20(15)34)5-7-19(31-21)32-9-8-12(2)23(32)36/h4-7,10-12,18,22,30,35H,3,8-9H2,1-2H3/t12?,18-,22?/m1/s1. The van der Waals surface area contributed by atoms with E-state index in [2.05, 4.69) is 4.98 Å². The zero-order valence-electron chi connectivity index (χ0n) is 19.3. The van der Waals surface area contributed by atoms with Crippen molar-refractivity contribution in [3.63, 3.8) is 0 Å². The number of nitrogens with one attached hydrogen (secondary N) is 1. The summed E-state index contributed by atoms with van der Waals surface area (Å²) in [6, 6.07) is 3.23. The number of hydrogen-bond donors (Lipinski definition) is 2. The number of alkyl halides is 3. The second kappa shape index (κ2) is 9.58. The number of aliphatic hydroxyl groups is 1. The van der Waals surface area contributed by atoms with Crippen molar-refractivity contribution in [2.75, 3.05) is 11.4 Å². The van der Waals surface area contributed by atoms with Gasteiger partial charge in [-0.1, -0.05) is 13.8 Å². The van der Waals surface area contributed by atoms with Gasteiger partial charge in [0.1, 0.15) is 29.7 Å². The minimum absolute atomic E-state index is 0.117. The molecule has 1 saturated heterocycles. The average molecular weight is 510 g/mol. The van der Waals surface area contributed by atoms with Crippen LogP contribution in [0.2, 0.25) is 0 Å². The summed E-state index contributed by atoms with van der Waals surface area (Å²) in [5, 5.41) is 12.4. The van der Waals surface area contributed by atoms with Gasteiger partial charge in [0.2, 0.25) is 5.91 Å². The van der Waals surface area contributed by atoms with Gasteiger partial charge in [0.25, 0.3) is 0 Å². The van der Waals surface area contributed by atoms with Crippen molar-refractivity contribution in [2.24, 2.45) is 5.92 Å². The van der Waals surface area contributed by atoms with Crippen molar-refractivity contribution in [2.45, 2.75) is 45.1 Å². The Morgan fingerprint density at radius 2 is 1.92 bits per heavy atom. The van der Waals surface area contributed by atoms with Crippen LogP contribution in [-0.4, -0.2) is 39.3 Å². The molecule has 0 saturated carbocycles. The SMILES string of the molecule is CC[C@@H](NC(O)c1cn(-c2ccc(F)cc2F)c2nc(N3CCC(C)C3=O)ccc2c1=O)C(F)(F)F. The molecule has 1 amide bonds. The van der Waals surface area contributed by atoms with Crippen molar-refractivity contribution in [1.82, 2.24) is 14.9 Å². The number of carbonyl (C=O) groups is 1. The second-order valence-electron chi connectivity index (χ2n) is 8.67. The lowest BCUT2D eigenvalue weighted by Crippen LogP contribution is -2.44. The Morgan fingerprint density at radius 3 is 2.50 bits per heavy atom. The Balaban J connectivity index is 1.91. The van der Waals surface area contributed by atoms with E-state index in [0.717, 1.165) is 22.9 Å². The third kappa shape index (κ3) is 4.70. The largest absolute Gasteiger partial charge is 0.403 e. The van der Waals surface area contributed by atoms with E-state index in [1.165, 1.54) is 24.0 Å². The fraction of sp³-hybridized carbons (Fsp3) is 0.375. The zero-order valence-corrected chi connectivity index (χ0v) is 19.3. The van der Waals surface area contributed by atoms with Gasteiger partial charge in [0, 0.05) is 24.7 Å². The number of anilines is 1. The maximum absolute atomic E-state index is 14.8. The van der Waals surface area contributed by atoms with Gasteiger partial charge >= 0.3 is 6.18 Å². The molecular weight excluding hydrogens is 487 g/mol. The van der Waals surface area contributed by atoms with Crippen LogP contribution in [-0.2, 0) is 4.79 Å². The summed E-state index contributed by atoms with van der Waals surface area (Å²) in [5.74, 6) is -2.12. The lowest BCUT2D eigenvalue weighted by atomic mass is 10.1. The van der Waals surface area contributed by atoms with Gasteiger partial charge < -0.3 is 5.11 Å². The van der Waals surface area contributed by atoms with Crippen molar-refractivity contribution < 1.29 is 31.9 Å². The lowest BCUT2D eigenvalue weighted by molar-refractivity contribution is -0.164.